The van der Waals surface area contributed by atoms with Crippen LogP contribution in [0.15, 0.2) is 24.3 Å². The van der Waals surface area contributed by atoms with E-state index >= 15 is 0 Å². The van der Waals surface area contributed by atoms with E-state index in [1.807, 2.05) is 0 Å². The van der Waals surface area contributed by atoms with E-state index in [0.717, 1.165) is 0 Å². The lowest BCUT2D eigenvalue weighted by molar-refractivity contribution is -0.120. The zero-order valence-corrected chi connectivity index (χ0v) is 12.5. The molecule has 7 heteroatoms. The second-order valence-electron chi connectivity index (χ2n) is 4.90. The van der Waals surface area contributed by atoms with Gasteiger partial charge in [-0.3, -0.25) is 14.4 Å². The third-order valence-corrected chi connectivity index (χ3v) is 2.92. The van der Waals surface area contributed by atoms with Crippen molar-refractivity contribution in [3.8, 4) is 0 Å². The molecule has 0 saturated carbocycles. The molecule has 0 heterocycles. The molecule has 0 aromatic heterocycles. The molecule has 0 aliphatic rings. The standard InChI is InChI=1S/C15H19N3O4/c1-9(19)7-8-13(14(16)21)18-15(22)11-5-3-4-6-12(11)17-10(2)20/h3-6,13H,7-8H2,1-2H3,(H2,16,21)(H,17,20)(H,18,22)/t13-/m1/s1. The molecular weight excluding hydrogens is 286 g/mol. The summed E-state index contributed by atoms with van der Waals surface area (Å²) in [6, 6.07) is 5.45. The average Bonchev–Trinajstić information content (AvgIpc) is 2.42. The Morgan fingerprint density at radius 3 is 2.32 bits per heavy atom. The Morgan fingerprint density at radius 2 is 1.77 bits per heavy atom. The quantitative estimate of drug-likeness (QED) is 0.683. The van der Waals surface area contributed by atoms with Crippen LogP contribution in [0.4, 0.5) is 5.69 Å². The highest BCUT2D eigenvalue weighted by Gasteiger charge is 2.21. The second kappa shape index (κ2) is 7.92. The smallest absolute Gasteiger partial charge is 0.254 e. The van der Waals surface area contributed by atoms with Crippen molar-refractivity contribution in [1.82, 2.24) is 5.32 Å². The number of hydrogen-bond donors (Lipinski definition) is 3. The minimum absolute atomic E-state index is 0.0980. The Bertz CT molecular complexity index is 598. The highest BCUT2D eigenvalue weighted by Crippen LogP contribution is 2.15. The van der Waals surface area contributed by atoms with E-state index in [0.29, 0.717) is 5.69 Å². The molecule has 118 valence electrons. The number of ketones is 1. The van der Waals surface area contributed by atoms with Crippen LogP contribution in [0, 0.1) is 0 Å². The van der Waals surface area contributed by atoms with Crippen molar-refractivity contribution >= 4 is 29.2 Å². The minimum atomic E-state index is -0.943. The molecule has 3 amide bonds. The van der Waals surface area contributed by atoms with Crippen LogP contribution in [0.2, 0.25) is 0 Å². The van der Waals surface area contributed by atoms with Crippen LogP contribution in [-0.2, 0) is 14.4 Å². The highest BCUT2D eigenvalue weighted by atomic mass is 16.2. The Kier molecular flexibility index (Phi) is 6.25. The number of benzene rings is 1. The first-order chi connectivity index (χ1) is 10.3. The Hall–Kier alpha value is -2.70. The van der Waals surface area contributed by atoms with E-state index in [1.165, 1.54) is 19.9 Å². The Labute approximate surface area is 128 Å². The molecular formula is C15H19N3O4. The Balaban J connectivity index is 2.88. The Morgan fingerprint density at radius 1 is 1.14 bits per heavy atom. The molecule has 0 radical (unpaired) electrons. The summed E-state index contributed by atoms with van der Waals surface area (Å²) in [5.74, 6) is -1.68. The summed E-state index contributed by atoms with van der Waals surface area (Å²) in [7, 11) is 0. The molecule has 1 atom stereocenters. The molecule has 4 N–H and O–H groups in total. The zero-order valence-electron chi connectivity index (χ0n) is 12.5. The van der Waals surface area contributed by atoms with Gasteiger partial charge < -0.3 is 21.2 Å². The molecule has 0 aliphatic carbocycles. The lowest BCUT2D eigenvalue weighted by Crippen LogP contribution is -2.44. The van der Waals surface area contributed by atoms with Crippen molar-refractivity contribution in [1.29, 1.82) is 0 Å². The lowest BCUT2D eigenvalue weighted by atomic mass is 10.1. The fraction of sp³-hybridized carbons (Fsp3) is 0.333. The van der Waals surface area contributed by atoms with Gasteiger partial charge in [-0.1, -0.05) is 12.1 Å². The van der Waals surface area contributed by atoms with Crippen LogP contribution in [0.25, 0.3) is 0 Å². The molecule has 7 nitrogen and oxygen atoms in total. The topological polar surface area (TPSA) is 118 Å². The predicted octanol–water partition coefficient (Wildman–Crippen LogP) is 0.598. The summed E-state index contributed by atoms with van der Waals surface area (Å²) < 4.78 is 0. The van der Waals surface area contributed by atoms with Crippen LogP contribution in [0.1, 0.15) is 37.0 Å². The van der Waals surface area contributed by atoms with E-state index in [9.17, 15) is 19.2 Å². The molecule has 0 spiro atoms. The van der Waals surface area contributed by atoms with Crippen molar-refractivity contribution in [2.75, 3.05) is 5.32 Å². The number of primary amides is 1. The maximum Gasteiger partial charge on any atom is 0.254 e. The summed E-state index contributed by atoms with van der Waals surface area (Å²) in [6.45, 7) is 2.72. The predicted molar refractivity (Wildman–Crippen MR) is 81.1 cm³/mol. The van der Waals surface area contributed by atoms with Gasteiger partial charge in [0, 0.05) is 13.3 Å². The molecule has 1 aromatic carbocycles. The maximum absolute atomic E-state index is 12.3. The summed E-state index contributed by atoms with van der Waals surface area (Å²) in [6.07, 6.45) is 0.278. The average molecular weight is 305 g/mol. The van der Waals surface area contributed by atoms with Crippen LogP contribution >= 0.6 is 0 Å². The molecule has 1 rings (SSSR count). The highest BCUT2D eigenvalue weighted by molar-refractivity contribution is 6.04. The summed E-state index contributed by atoms with van der Waals surface area (Å²) in [4.78, 5) is 45.8. The molecule has 22 heavy (non-hydrogen) atoms. The molecule has 1 aromatic rings. The largest absolute Gasteiger partial charge is 0.368 e. The number of amides is 3. The first-order valence-corrected chi connectivity index (χ1v) is 6.77. The summed E-state index contributed by atoms with van der Waals surface area (Å²) >= 11 is 0. The van der Waals surface area contributed by atoms with Crippen LogP contribution < -0.4 is 16.4 Å². The van der Waals surface area contributed by atoms with Crippen molar-refractivity contribution < 1.29 is 19.2 Å². The number of rotatable bonds is 7. The lowest BCUT2D eigenvalue weighted by Gasteiger charge is -2.16. The maximum atomic E-state index is 12.3. The number of hydrogen-bond acceptors (Lipinski definition) is 4. The number of carbonyl (C=O) groups is 4. The van der Waals surface area contributed by atoms with Crippen molar-refractivity contribution in [3.63, 3.8) is 0 Å². The first-order valence-electron chi connectivity index (χ1n) is 6.77. The fourth-order valence-electron chi connectivity index (χ4n) is 1.85. The molecule has 0 unspecified atom stereocenters. The summed E-state index contributed by atoms with van der Waals surface area (Å²) in [5.41, 5.74) is 5.78. The van der Waals surface area contributed by atoms with Gasteiger partial charge in [0.1, 0.15) is 11.8 Å². The first kappa shape index (κ1) is 17.4. The van der Waals surface area contributed by atoms with Crippen LogP contribution in [0.5, 0.6) is 0 Å². The van der Waals surface area contributed by atoms with E-state index in [-0.39, 0.29) is 30.1 Å². The van der Waals surface area contributed by atoms with E-state index < -0.39 is 17.9 Å². The molecule has 0 bridgehead atoms. The van der Waals surface area contributed by atoms with Gasteiger partial charge in [0.05, 0.1) is 11.3 Å². The van der Waals surface area contributed by atoms with E-state index in [1.54, 1.807) is 18.2 Å². The summed E-state index contributed by atoms with van der Waals surface area (Å²) in [5, 5.41) is 5.02. The SMILES string of the molecule is CC(=O)CC[C@@H](NC(=O)c1ccccc1NC(C)=O)C(N)=O. The number of carbonyl (C=O) groups excluding carboxylic acids is 4. The normalized spacial score (nSPS) is 11.4. The second-order valence-corrected chi connectivity index (χ2v) is 4.90. The van der Waals surface area contributed by atoms with Gasteiger partial charge in [-0.25, -0.2) is 0 Å². The van der Waals surface area contributed by atoms with E-state index in [4.69, 9.17) is 5.73 Å². The van der Waals surface area contributed by atoms with Crippen molar-refractivity contribution in [2.24, 2.45) is 5.73 Å². The molecule has 0 aliphatic heterocycles. The molecule has 0 fully saturated rings. The number of para-hydroxylation sites is 1. The number of nitrogens with two attached hydrogens (primary N) is 1. The molecule has 0 saturated heterocycles. The van der Waals surface area contributed by atoms with Crippen molar-refractivity contribution in [2.45, 2.75) is 32.7 Å². The van der Waals surface area contributed by atoms with Crippen molar-refractivity contribution in [3.05, 3.63) is 29.8 Å². The van der Waals surface area contributed by atoms with Crippen LogP contribution in [0.3, 0.4) is 0 Å². The van der Waals surface area contributed by atoms with Gasteiger partial charge in [0.15, 0.2) is 0 Å². The number of Topliss-reactive ketones (excluding diaryl/α,β-unsaturated/α-hetero) is 1. The van der Waals surface area contributed by atoms with Crippen LogP contribution in [-0.4, -0.2) is 29.5 Å². The van der Waals surface area contributed by atoms with Gasteiger partial charge in [-0.05, 0) is 25.5 Å². The zero-order chi connectivity index (χ0) is 16.7. The van der Waals surface area contributed by atoms with Gasteiger partial charge >= 0.3 is 0 Å². The van der Waals surface area contributed by atoms with Gasteiger partial charge in [0.2, 0.25) is 11.8 Å². The third kappa shape index (κ3) is 5.35. The fourth-order valence-corrected chi connectivity index (χ4v) is 1.85. The van der Waals surface area contributed by atoms with E-state index in [2.05, 4.69) is 10.6 Å². The van der Waals surface area contributed by atoms with Gasteiger partial charge in [-0.15, -0.1) is 0 Å². The minimum Gasteiger partial charge on any atom is -0.368 e. The van der Waals surface area contributed by atoms with Gasteiger partial charge in [-0.2, -0.15) is 0 Å². The monoisotopic (exact) mass is 305 g/mol. The third-order valence-electron chi connectivity index (χ3n) is 2.92. The number of nitrogens with one attached hydrogen (secondary N) is 2. The number of anilines is 1. The van der Waals surface area contributed by atoms with Gasteiger partial charge in [0.25, 0.3) is 5.91 Å².